The Kier molecular flexibility index (Phi) is 7.74. The van der Waals surface area contributed by atoms with Crippen LogP contribution in [0.2, 0.25) is 0 Å². The standard InChI is InChI=1S/C22H22F3NO4/c1-3-15(13-19(27)30-21(28)22(23,24)25)20(26)16-10-8-14(9-11-16)12-17-6-4-5-7-18(17)29-2/h4-11,15,26H,3,12-13H2,1-2H3/t15-/m0/s1. The highest BCUT2D eigenvalue weighted by atomic mass is 19.4. The quantitative estimate of drug-likeness (QED) is 0.381. The molecule has 0 bridgehead atoms. The molecule has 0 amide bonds. The van der Waals surface area contributed by atoms with Crippen molar-refractivity contribution in [1.82, 2.24) is 0 Å². The molecule has 0 saturated heterocycles. The van der Waals surface area contributed by atoms with E-state index in [2.05, 4.69) is 4.74 Å². The minimum atomic E-state index is -5.23. The zero-order chi connectivity index (χ0) is 22.3. The van der Waals surface area contributed by atoms with E-state index in [0.717, 1.165) is 16.9 Å². The SMILES string of the molecule is CC[C@@H](CC(=O)OC(=O)C(F)(F)F)C(=N)c1ccc(Cc2ccccc2OC)cc1. The molecule has 0 fully saturated rings. The van der Waals surface area contributed by atoms with Crippen LogP contribution >= 0.6 is 0 Å². The average molecular weight is 421 g/mol. The number of hydrogen-bond acceptors (Lipinski definition) is 5. The molecule has 160 valence electrons. The number of methoxy groups -OCH3 is 1. The first-order valence-corrected chi connectivity index (χ1v) is 9.27. The van der Waals surface area contributed by atoms with Gasteiger partial charge in [0.05, 0.1) is 13.5 Å². The van der Waals surface area contributed by atoms with Crippen molar-refractivity contribution in [3.63, 3.8) is 0 Å². The van der Waals surface area contributed by atoms with E-state index in [4.69, 9.17) is 10.1 Å². The molecule has 0 heterocycles. The minimum absolute atomic E-state index is 0.0951. The third kappa shape index (κ3) is 6.17. The van der Waals surface area contributed by atoms with Gasteiger partial charge >= 0.3 is 18.1 Å². The number of para-hydroxylation sites is 1. The van der Waals surface area contributed by atoms with E-state index in [1.54, 1.807) is 26.2 Å². The molecular weight excluding hydrogens is 399 g/mol. The Hall–Kier alpha value is -3.16. The van der Waals surface area contributed by atoms with E-state index < -0.39 is 30.5 Å². The zero-order valence-corrected chi connectivity index (χ0v) is 16.6. The van der Waals surface area contributed by atoms with Gasteiger partial charge in [0, 0.05) is 18.1 Å². The maximum Gasteiger partial charge on any atom is 0.491 e. The number of carbonyl (C=O) groups is 2. The highest BCUT2D eigenvalue weighted by Crippen LogP contribution is 2.23. The van der Waals surface area contributed by atoms with Gasteiger partial charge in [0.15, 0.2) is 0 Å². The van der Waals surface area contributed by atoms with Crippen LogP contribution in [0.4, 0.5) is 13.2 Å². The smallest absolute Gasteiger partial charge is 0.491 e. The van der Waals surface area contributed by atoms with Crippen molar-refractivity contribution < 1.29 is 32.2 Å². The lowest BCUT2D eigenvalue weighted by Crippen LogP contribution is -2.29. The number of ether oxygens (including phenoxy) is 2. The van der Waals surface area contributed by atoms with Gasteiger partial charge in [-0.2, -0.15) is 13.2 Å². The summed E-state index contributed by atoms with van der Waals surface area (Å²) in [5, 5.41) is 8.31. The first-order chi connectivity index (χ1) is 14.2. The molecule has 2 aromatic carbocycles. The molecule has 1 N–H and O–H groups in total. The van der Waals surface area contributed by atoms with Crippen molar-refractivity contribution >= 4 is 17.7 Å². The van der Waals surface area contributed by atoms with Gasteiger partial charge in [0.25, 0.3) is 0 Å². The van der Waals surface area contributed by atoms with Gasteiger partial charge in [-0.25, -0.2) is 4.79 Å². The second-order valence-electron chi connectivity index (χ2n) is 6.67. The maximum absolute atomic E-state index is 12.2. The zero-order valence-electron chi connectivity index (χ0n) is 16.6. The third-order valence-electron chi connectivity index (χ3n) is 4.60. The molecule has 0 unspecified atom stereocenters. The van der Waals surface area contributed by atoms with Gasteiger partial charge in [-0.1, -0.05) is 49.4 Å². The van der Waals surface area contributed by atoms with Crippen LogP contribution in [0.1, 0.15) is 36.5 Å². The summed E-state index contributed by atoms with van der Waals surface area (Å²) in [7, 11) is 1.60. The number of hydrogen-bond donors (Lipinski definition) is 1. The molecule has 0 radical (unpaired) electrons. The van der Waals surface area contributed by atoms with Gasteiger partial charge in [0.1, 0.15) is 5.75 Å². The summed E-state index contributed by atoms with van der Waals surface area (Å²) in [5.41, 5.74) is 2.63. The van der Waals surface area contributed by atoms with Crippen LogP contribution in [0.15, 0.2) is 48.5 Å². The molecular formula is C22H22F3NO4. The maximum atomic E-state index is 12.2. The Labute approximate surface area is 172 Å². The van der Waals surface area contributed by atoms with Crippen LogP contribution in [0, 0.1) is 11.3 Å². The number of rotatable bonds is 8. The van der Waals surface area contributed by atoms with E-state index >= 15 is 0 Å². The Morgan fingerprint density at radius 2 is 1.70 bits per heavy atom. The third-order valence-corrected chi connectivity index (χ3v) is 4.60. The molecule has 0 aliphatic rings. The molecule has 8 heteroatoms. The Morgan fingerprint density at radius 1 is 1.07 bits per heavy atom. The number of esters is 2. The Bertz CT molecular complexity index is 907. The fourth-order valence-electron chi connectivity index (χ4n) is 2.96. The molecule has 1 atom stereocenters. The van der Waals surface area contributed by atoms with Gasteiger partial charge in [-0.05, 0) is 29.2 Å². The van der Waals surface area contributed by atoms with Crippen LogP contribution in [0.25, 0.3) is 0 Å². The van der Waals surface area contributed by atoms with Crippen LogP contribution in [0.3, 0.4) is 0 Å². The molecule has 0 aromatic heterocycles. The number of carbonyl (C=O) groups excluding carboxylic acids is 2. The molecule has 0 aliphatic heterocycles. The van der Waals surface area contributed by atoms with Crippen LogP contribution in [-0.4, -0.2) is 30.9 Å². The predicted octanol–water partition coefficient (Wildman–Crippen LogP) is 4.70. The molecule has 0 saturated carbocycles. The van der Waals surface area contributed by atoms with Crippen molar-refractivity contribution in [3.8, 4) is 5.75 Å². The van der Waals surface area contributed by atoms with E-state index in [0.29, 0.717) is 18.4 Å². The highest BCUT2D eigenvalue weighted by molar-refractivity contribution is 6.02. The summed E-state index contributed by atoms with van der Waals surface area (Å²) in [4.78, 5) is 22.5. The number of halogens is 3. The Balaban J connectivity index is 2.04. The number of benzene rings is 2. The van der Waals surface area contributed by atoms with Crippen molar-refractivity contribution in [1.29, 1.82) is 5.41 Å². The van der Waals surface area contributed by atoms with E-state index in [1.807, 2.05) is 36.4 Å². The molecule has 2 rings (SSSR count). The molecule has 30 heavy (non-hydrogen) atoms. The van der Waals surface area contributed by atoms with Gasteiger partial charge in [0.2, 0.25) is 0 Å². The van der Waals surface area contributed by atoms with E-state index in [1.165, 1.54) is 0 Å². The van der Waals surface area contributed by atoms with Crippen molar-refractivity contribution in [2.45, 2.75) is 32.4 Å². The lowest BCUT2D eigenvalue weighted by molar-refractivity contribution is -0.202. The number of nitrogens with one attached hydrogen (secondary N) is 1. The first kappa shape index (κ1) is 23.1. The van der Waals surface area contributed by atoms with Gasteiger partial charge in [-0.15, -0.1) is 0 Å². The fraction of sp³-hybridized carbons (Fsp3) is 0.318. The lowest BCUT2D eigenvalue weighted by atomic mass is 9.90. The molecule has 5 nitrogen and oxygen atoms in total. The predicted molar refractivity (Wildman–Crippen MR) is 105 cm³/mol. The molecule has 2 aromatic rings. The molecule has 0 aliphatic carbocycles. The topological polar surface area (TPSA) is 76.5 Å². The van der Waals surface area contributed by atoms with E-state index in [9.17, 15) is 22.8 Å². The second kappa shape index (κ2) is 10.0. The van der Waals surface area contributed by atoms with Gasteiger partial charge < -0.3 is 14.9 Å². The van der Waals surface area contributed by atoms with Crippen LogP contribution in [0.5, 0.6) is 5.75 Å². The van der Waals surface area contributed by atoms with Crippen LogP contribution in [-0.2, 0) is 20.7 Å². The minimum Gasteiger partial charge on any atom is -0.496 e. The fourth-order valence-corrected chi connectivity index (χ4v) is 2.96. The van der Waals surface area contributed by atoms with Crippen molar-refractivity contribution in [2.75, 3.05) is 7.11 Å². The van der Waals surface area contributed by atoms with Crippen molar-refractivity contribution in [2.24, 2.45) is 5.92 Å². The van der Waals surface area contributed by atoms with E-state index in [-0.39, 0.29) is 5.71 Å². The normalized spacial score (nSPS) is 12.2. The summed E-state index contributed by atoms with van der Waals surface area (Å²) in [6.07, 6.45) is -4.76. The largest absolute Gasteiger partial charge is 0.496 e. The molecule has 0 spiro atoms. The summed E-state index contributed by atoms with van der Waals surface area (Å²) >= 11 is 0. The summed E-state index contributed by atoms with van der Waals surface area (Å²) < 4.78 is 45.8. The first-order valence-electron chi connectivity index (χ1n) is 9.27. The number of alkyl halides is 3. The van der Waals surface area contributed by atoms with Crippen molar-refractivity contribution in [3.05, 3.63) is 65.2 Å². The highest BCUT2D eigenvalue weighted by Gasteiger charge is 2.42. The second-order valence-corrected chi connectivity index (χ2v) is 6.67. The van der Waals surface area contributed by atoms with Crippen LogP contribution < -0.4 is 4.74 Å². The average Bonchev–Trinajstić information content (AvgIpc) is 2.71. The Morgan fingerprint density at radius 3 is 2.27 bits per heavy atom. The summed E-state index contributed by atoms with van der Waals surface area (Å²) in [5.74, 6) is -3.75. The summed E-state index contributed by atoms with van der Waals surface area (Å²) in [6.45, 7) is 1.70. The monoisotopic (exact) mass is 421 g/mol. The lowest BCUT2D eigenvalue weighted by Gasteiger charge is -2.16. The van der Waals surface area contributed by atoms with Gasteiger partial charge in [-0.3, -0.25) is 4.79 Å². The summed E-state index contributed by atoms with van der Waals surface area (Å²) in [6, 6.07) is 14.7.